The third kappa shape index (κ3) is 2.37. The van der Waals surface area contributed by atoms with Gasteiger partial charge in [0.2, 0.25) is 0 Å². The van der Waals surface area contributed by atoms with Gasteiger partial charge in [-0.05, 0) is 25.9 Å². The normalized spacial score (nSPS) is 18.5. The first-order valence-corrected chi connectivity index (χ1v) is 6.06. The topological polar surface area (TPSA) is 23.8 Å². The smallest absolute Gasteiger partial charge is 0.109 e. The fourth-order valence-electron chi connectivity index (χ4n) is 0.884. The zero-order valence-electron chi connectivity index (χ0n) is 7.65. The predicted octanol–water partition coefficient (Wildman–Crippen LogP) is 3.02. The van der Waals surface area contributed by atoms with Gasteiger partial charge >= 0.3 is 0 Å². The maximum Gasteiger partial charge on any atom is 0.109 e. The first kappa shape index (κ1) is 10.8. The summed E-state index contributed by atoms with van der Waals surface area (Å²) in [5.41, 5.74) is 0. The molecule has 0 spiro atoms. The van der Waals surface area contributed by atoms with Gasteiger partial charge in [0.1, 0.15) is 4.75 Å². The second-order valence-corrected chi connectivity index (χ2v) is 6.60. The molecule has 0 aromatic rings. The highest BCUT2D eigenvalue weighted by atomic mass is 32.3. The number of nitriles is 1. The molecule has 0 fully saturated rings. The van der Waals surface area contributed by atoms with E-state index < -0.39 is 15.2 Å². The molecular weight excluding hydrogens is 161 g/mol. The Morgan fingerprint density at radius 3 is 2.09 bits per heavy atom. The van der Waals surface area contributed by atoms with Gasteiger partial charge in [-0.15, -0.1) is 0 Å². The molecule has 0 aliphatic carbocycles. The van der Waals surface area contributed by atoms with E-state index in [1.165, 1.54) is 0 Å². The standard InChI is InChI=1S/C8H16FNS/c1-5-6-8(2,7-10)11(3,4)9/h5-6H2,1-4H3. The van der Waals surface area contributed by atoms with E-state index in [-0.39, 0.29) is 0 Å². The Morgan fingerprint density at radius 1 is 1.55 bits per heavy atom. The fourth-order valence-corrected chi connectivity index (χ4v) is 1.79. The SMILES string of the molecule is CCCC(C)(C#N)S(C)(C)F. The summed E-state index contributed by atoms with van der Waals surface area (Å²) >= 11 is 0. The minimum Gasteiger partial charge on any atom is -0.197 e. The molecule has 1 atom stereocenters. The van der Waals surface area contributed by atoms with E-state index in [9.17, 15) is 3.89 Å². The Morgan fingerprint density at radius 2 is 2.00 bits per heavy atom. The van der Waals surface area contributed by atoms with E-state index in [0.29, 0.717) is 6.42 Å². The van der Waals surface area contributed by atoms with Crippen molar-refractivity contribution < 1.29 is 3.89 Å². The maximum atomic E-state index is 13.5. The van der Waals surface area contributed by atoms with Crippen LogP contribution in [-0.2, 0) is 0 Å². The average Bonchev–Trinajstić information content (AvgIpc) is 1.86. The summed E-state index contributed by atoms with van der Waals surface area (Å²) in [5.74, 6) is 0. The van der Waals surface area contributed by atoms with Crippen molar-refractivity contribution >= 4 is 10.4 Å². The molecule has 0 heterocycles. The van der Waals surface area contributed by atoms with Crippen LogP contribution in [0.1, 0.15) is 26.7 Å². The van der Waals surface area contributed by atoms with Gasteiger partial charge in [0.05, 0.1) is 6.07 Å². The molecule has 0 bridgehead atoms. The summed E-state index contributed by atoms with van der Waals surface area (Å²) in [6.07, 6.45) is 4.62. The molecule has 0 radical (unpaired) electrons. The van der Waals surface area contributed by atoms with Crippen LogP contribution in [0.4, 0.5) is 3.89 Å². The van der Waals surface area contributed by atoms with Gasteiger partial charge < -0.3 is 0 Å². The van der Waals surface area contributed by atoms with Crippen LogP contribution in [-0.4, -0.2) is 17.3 Å². The van der Waals surface area contributed by atoms with Crippen LogP contribution < -0.4 is 0 Å². The van der Waals surface area contributed by atoms with E-state index >= 15 is 0 Å². The number of rotatable bonds is 3. The van der Waals surface area contributed by atoms with E-state index in [1.54, 1.807) is 19.4 Å². The van der Waals surface area contributed by atoms with Crippen LogP contribution in [0.25, 0.3) is 0 Å². The minimum absolute atomic E-state index is 0.655. The quantitative estimate of drug-likeness (QED) is 0.650. The highest BCUT2D eigenvalue weighted by molar-refractivity contribution is 8.29. The Labute approximate surface area is 70.2 Å². The summed E-state index contributed by atoms with van der Waals surface area (Å²) in [6, 6.07) is 2.08. The van der Waals surface area contributed by atoms with Crippen LogP contribution in [0.15, 0.2) is 0 Å². The van der Waals surface area contributed by atoms with Gasteiger partial charge in [0.15, 0.2) is 0 Å². The van der Waals surface area contributed by atoms with Crippen molar-refractivity contribution in [1.29, 1.82) is 5.26 Å². The van der Waals surface area contributed by atoms with Crippen molar-refractivity contribution in [2.24, 2.45) is 0 Å². The zero-order chi connectivity index (χ0) is 9.12. The van der Waals surface area contributed by atoms with Crippen LogP contribution >= 0.6 is 10.4 Å². The van der Waals surface area contributed by atoms with Crippen LogP contribution in [0.5, 0.6) is 0 Å². The van der Waals surface area contributed by atoms with E-state index in [0.717, 1.165) is 6.42 Å². The van der Waals surface area contributed by atoms with Gasteiger partial charge in [-0.1, -0.05) is 23.8 Å². The van der Waals surface area contributed by atoms with Crippen LogP contribution in [0.3, 0.4) is 0 Å². The average molecular weight is 177 g/mol. The van der Waals surface area contributed by atoms with Gasteiger partial charge in [0, 0.05) is 0 Å². The predicted molar refractivity (Wildman–Crippen MR) is 49.5 cm³/mol. The Hall–Kier alpha value is -0.230. The Kier molecular flexibility index (Phi) is 3.37. The van der Waals surface area contributed by atoms with Gasteiger partial charge in [-0.3, -0.25) is 0 Å². The molecule has 0 aromatic heterocycles. The Balaban J connectivity index is 4.50. The van der Waals surface area contributed by atoms with E-state index in [1.807, 2.05) is 6.92 Å². The first-order valence-electron chi connectivity index (χ1n) is 3.71. The zero-order valence-corrected chi connectivity index (χ0v) is 8.46. The molecule has 3 heteroatoms. The second kappa shape index (κ2) is 3.44. The van der Waals surface area contributed by atoms with E-state index in [4.69, 9.17) is 5.26 Å². The summed E-state index contributed by atoms with van der Waals surface area (Å²) in [6.45, 7) is 3.69. The van der Waals surface area contributed by atoms with Crippen LogP contribution in [0.2, 0.25) is 0 Å². The first-order chi connectivity index (χ1) is 4.87. The van der Waals surface area contributed by atoms with E-state index in [2.05, 4.69) is 6.07 Å². The van der Waals surface area contributed by atoms with Crippen molar-refractivity contribution in [3.8, 4) is 6.07 Å². The number of nitrogens with zero attached hydrogens (tertiary/aromatic N) is 1. The van der Waals surface area contributed by atoms with Crippen molar-refractivity contribution in [2.45, 2.75) is 31.4 Å². The molecule has 1 unspecified atom stereocenters. The third-order valence-electron chi connectivity index (χ3n) is 2.03. The van der Waals surface area contributed by atoms with Crippen molar-refractivity contribution in [1.82, 2.24) is 0 Å². The minimum atomic E-state index is -2.24. The molecule has 0 rings (SSSR count). The summed E-state index contributed by atoms with van der Waals surface area (Å²) < 4.78 is 12.7. The van der Waals surface area contributed by atoms with Crippen molar-refractivity contribution in [3.63, 3.8) is 0 Å². The van der Waals surface area contributed by atoms with Gasteiger partial charge in [-0.25, -0.2) is 0 Å². The number of halogens is 1. The maximum absolute atomic E-state index is 13.5. The monoisotopic (exact) mass is 177 g/mol. The fraction of sp³-hybridized carbons (Fsp3) is 0.875. The molecule has 0 aliphatic heterocycles. The summed E-state index contributed by atoms with van der Waals surface area (Å²) in [7, 11) is -2.24. The molecule has 0 aromatic carbocycles. The number of hydrogen-bond acceptors (Lipinski definition) is 1. The summed E-state index contributed by atoms with van der Waals surface area (Å²) in [5, 5.41) is 8.78. The summed E-state index contributed by atoms with van der Waals surface area (Å²) in [4.78, 5) is 0. The lowest BCUT2D eigenvalue weighted by molar-refractivity contribution is 0.657. The van der Waals surface area contributed by atoms with Crippen molar-refractivity contribution in [2.75, 3.05) is 12.5 Å². The lowest BCUT2D eigenvalue weighted by Gasteiger charge is -2.35. The lowest BCUT2D eigenvalue weighted by atomic mass is 10.1. The Bertz CT molecular complexity index is 168. The molecule has 0 N–H and O–H groups in total. The lowest BCUT2D eigenvalue weighted by Crippen LogP contribution is -2.26. The highest BCUT2D eigenvalue weighted by Crippen LogP contribution is 2.56. The molecule has 11 heavy (non-hydrogen) atoms. The highest BCUT2D eigenvalue weighted by Gasteiger charge is 2.36. The molecule has 0 amide bonds. The molecular formula is C8H16FNS. The van der Waals surface area contributed by atoms with Gasteiger partial charge in [-0.2, -0.15) is 9.15 Å². The molecule has 0 aliphatic rings. The molecule has 66 valence electrons. The third-order valence-corrected chi connectivity index (χ3v) is 4.47. The largest absolute Gasteiger partial charge is 0.197 e. The molecule has 1 nitrogen and oxygen atoms in total. The van der Waals surface area contributed by atoms with Crippen LogP contribution in [0, 0.1) is 11.3 Å². The number of hydrogen-bond donors (Lipinski definition) is 0. The van der Waals surface area contributed by atoms with Gasteiger partial charge in [0.25, 0.3) is 0 Å². The molecule has 0 saturated heterocycles. The molecule has 0 saturated carbocycles. The second-order valence-electron chi connectivity index (χ2n) is 3.29. The van der Waals surface area contributed by atoms with Crippen molar-refractivity contribution in [3.05, 3.63) is 0 Å².